The van der Waals surface area contributed by atoms with Crippen LogP contribution < -0.4 is 9.80 Å². The number of aryl methyl sites for hydroxylation is 3. The van der Waals surface area contributed by atoms with Crippen LogP contribution in [0.15, 0.2) is 30.5 Å². The fourth-order valence-corrected chi connectivity index (χ4v) is 3.54. The molecule has 1 aliphatic heterocycles. The van der Waals surface area contributed by atoms with Gasteiger partial charge in [-0.15, -0.1) is 0 Å². The molecule has 0 amide bonds. The van der Waals surface area contributed by atoms with Gasteiger partial charge in [0.05, 0.1) is 6.20 Å². The van der Waals surface area contributed by atoms with Crippen LogP contribution >= 0.6 is 0 Å². The van der Waals surface area contributed by atoms with Crippen LogP contribution in [-0.4, -0.2) is 45.8 Å². The second kappa shape index (κ2) is 6.35. The van der Waals surface area contributed by atoms with Crippen molar-refractivity contribution in [2.75, 3.05) is 36.0 Å². The summed E-state index contributed by atoms with van der Waals surface area (Å²) in [5.41, 5.74) is 5.48. The topological polar surface area (TPSA) is 49.6 Å². The number of nitrogens with zero attached hydrogens (tertiary/aromatic N) is 6. The molecule has 1 fully saturated rings. The first-order valence-electron chi connectivity index (χ1n) is 8.93. The van der Waals surface area contributed by atoms with Gasteiger partial charge in [0.25, 0.3) is 0 Å². The van der Waals surface area contributed by atoms with Crippen LogP contribution in [0.25, 0.3) is 5.65 Å². The Balaban J connectivity index is 1.57. The van der Waals surface area contributed by atoms with Gasteiger partial charge < -0.3 is 9.80 Å². The van der Waals surface area contributed by atoms with Crippen molar-refractivity contribution in [1.29, 1.82) is 0 Å². The highest BCUT2D eigenvalue weighted by atomic mass is 15.4. The lowest BCUT2D eigenvalue weighted by Crippen LogP contribution is -2.47. The molecule has 25 heavy (non-hydrogen) atoms. The molecule has 0 saturated carbocycles. The molecule has 0 spiro atoms. The standard InChI is InChI=1S/C19H24N6/c1-4-16-13-19(25-18(22-16)5-6-20-25)24-9-7-23(8-10-24)17-11-14(2)21-15(3)12-17/h5-6,11-13H,4,7-10H2,1-3H3. The molecule has 0 bridgehead atoms. The predicted octanol–water partition coefficient (Wildman–Crippen LogP) is 2.63. The zero-order valence-electron chi connectivity index (χ0n) is 15.1. The van der Waals surface area contributed by atoms with E-state index in [4.69, 9.17) is 0 Å². The Morgan fingerprint density at radius 1 is 0.920 bits per heavy atom. The fraction of sp³-hybridized carbons (Fsp3) is 0.421. The number of rotatable bonds is 3. The molecule has 6 nitrogen and oxygen atoms in total. The lowest BCUT2D eigenvalue weighted by atomic mass is 10.2. The Morgan fingerprint density at radius 2 is 1.60 bits per heavy atom. The van der Waals surface area contributed by atoms with Gasteiger partial charge in [0.1, 0.15) is 5.82 Å². The number of hydrogen-bond donors (Lipinski definition) is 0. The average molecular weight is 336 g/mol. The highest BCUT2D eigenvalue weighted by molar-refractivity contribution is 5.54. The molecule has 0 unspecified atom stereocenters. The second-order valence-corrected chi connectivity index (χ2v) is 6.64. The molecule has 130 valence electrons. The minimum absolute atomic E-state index is 0.928. The number of anilines is 2. The Bertz CT molecular complexity index is 872. The molecule has 0 N–H and O–H groups in total. The monoisotopic (exact) mass is 336 g/mol. The van der Waals surface area contributed by atoms with Crippen molar-refractivity contribution < 1.29 is 0 Å². The van der Waals surface area contributed by atoms with Gasteiger partial charge in [0.15, 0.2) is 5.65 Å². The van der Waals surface area contributed by atoms with Crippen LogP contribution in [0, 0.1) is 13.8 Å². The van der Waals surface area contributed by atoms with E-state index in [9.17, 15) is 0 Å². The maximum absolute atomic E-state index is 4.65. The van der Waals surface area contributed by atoms with Gasteiger partial charge in [0.2, 0.25) is 0 Å². The third kappa shape index (κ3) is 3.04. The minimum atomic E-state index is 0.928. The van der Waals surface area contributed by atoms with E-state index in [-0.39, 0.29) is 0 Å². The van der Waals surface area contributed by atoms with Crippen molar-refractivity contribution in [3.8, 4) is 0 Å². The fourth-order valence-electron chi connectivity index (χ4n) is 3.54. The first-order chi connectivity index (χ1) is 12.1. The molecule has 0 aromatic carbocycles. The van der Waals surface area contributed by atoms with Crippen molar-refractivity contribution >= 4 is 17.2 Å². The molecular weight excluding hydrogens is 312 g/mol. The summed E-state index contributed by atoms with van der Waals surface area (Å²) in [6.07, 6.45) is 2.76. The van der Waals surface area contributed by atoms with Crippen molar-refractivity contribution in [2.24, 2.45) is 0 Å². The molecule has 1 aliphatic rings. The lowest BCUT2D eigenvalue weighted by Gasteiger charge is -2.37. The zero-order chi connectivity index (χ0) is 17.4. The molecule has 1 saturated heterocycles. The van der Waals surface area contributed by atoms with E-state index in [1.165, 1.54) is 5.69 Å². The third-order valence-electron chi connectivity index (χ3n) is 4.79. The van der Waals surface area contributed by atoms with Crippen LogP contribution in [0.3, 0.4) is 0 Å². The maximum Gasteiger partial charge on any atom is 0.157 e. The Labute approximate surface area is 148 Å². The predicted molar refractivity (Wildman–Crippen MR) is 101 cm³/mol. The number of hydrogen-bond acceptors (Lipinski definition) is 5. The number of fused-ring (bicyclic) bond motifs is 1. The van der Waals surface area contributed by atoms with Crippen LogP contribution in [0.2, 0.25) is 0 Å². The second-order valence-electron chi connectivity index (χ2n) is 6.64. The first-order valence-corrected chi connectivity index (χ1v) is 8.93. The van der Waals surface area contributed by atoms with E-state index in [1.54, 1.807) is 0 Å². The summed E-state index contributed by atoms with van der Waals surface area (Å²) >= 11 is 0. The molecule has 0 atom stereocenters. The van der Waals surface area contributed by atoms with E-state index < -0.39 is 0 Å². The summed E-state index contributed by atoms with van der Waals surface area (Å²) in [5, 5.41) is 4.46. The molecule has 0 radical (unpaired) electrons. The summed E-state index contributed by atoms with van der Waals surface area (Å²) in [6, 6.07) is 8.50. The molecule has 3 aromatic rings. The van der Waals surface area contributed by atoms with Gasteiger partial charge in [0, 0.05) is 61.1 Å². The summed E-state index contributed by atoms with van der Waals surface area (Å²) in [5.74, 6) is 1.15. The summed E-state index contributed by atoms with van der Waals surface area (Å²) in [4.78, 5) is 14.0. The molecule has 3 aromatic heterocycles. The maximum atomic E-state index is 4.65. The molecule has 0 aliphatic carbocycles. The summed E-state index contributed by atoms with van der Waals surface area (Å²) in [6.45, 7) is 10.2. The van der Waals surface area contributed by atoms with Crippen molar-refractivity contribution in [1.82, 2.24) is 19.6 Å². The smallest absolute Gasteiger partial charge is 0.157 e. The normalized spacial score (nSPS) is 15.2. The quantitative estimate of drug-likeness (QED) is 0.736. The largest absolute Gasteiger partial charge is 0.368 e. The van der Waals surface area contributed by atoms with Crippen molar-refractivity contribution in [3.63, 3.8) is 0 Å². The average Bonchev–Trinajstić information content (AvgIpc) is 3.08. The van der Waals surface area contributed by atoms with E-state index >= 15 is 0 Å². The summed E-state index contributed by atoms with van der Waals surface area (Å²) in [7, 11) is 0. The minimum Gasteiger partial charge on any atom is -0.368 e. The Morgan fingerprint density at radius 3 is 2.28 bits per heavy atom. The molecular formula is C19H24N6. The zero-order valence-corrected chi connectivity index (χ0v) is 15.1. The summed E-state index contributed by atoms with van der Waals surface area (Å²) < 4.78 is 1.95. The van der Waals surface area contributed by atoms with Crippen LogP contribution in [0.5, 0.6) is 0 Å². The van der Waals surface area contributed by atoms with E-state index in [0.717, 1.165) is 61.1 Å². The van der Waals surface area contributed by atoms with Gasteiger partial charge in [-0.3, -0.25) is 4.98 Å². The molecule has 4 heterocycles. The van der Waals surface area contributed by atoms with Crippen molar-refractivity contribution in [3.05, 3.63) is 47.5 Å². The molecule has 4 rings (SSSR count). The van der Waals surface area contributed by atoms with Gasteiger partial charge in [-0.1, -0.05) is 6.92 Å². The highest BCUT2D eigenvalue weighted by Crippen LogP contribution is 2.23. The van der Waals surface area contributed by atoms with E-state index in [1.807, 2.05) is 16.8 Å². The highest BCUT2D eigenvalue weighted by Gasteiger charge is 2.21. The third-order valence-corrected chi connectivity index (χ3v) is 4.79. The van der Waals surface area contributed by atoms with Crippen LogP contribution in [0.1, 0.15) is 24.0 Å². The van der Waals surface area contributed by atoms with Gasteiger partial charge >= 0.3 is 0 Å². The Kier molecular flexibility index (Phi) is 4.03. The van der Waals surface area contributed by atoms with E-state index in [2.05, 4.69) is 63.8 Å². The number of pyridine rings is 1. The van der Waals surface area contributed by atoms with Gasteiger partial charge in [-0.2, -0.15) is 9.61 Å². The van der Waals surface area contributed by atoms with Crippen molar-refractivity contribution in [2.45, 2.75) is 27.2 Å². The Hall–Kier alpha value is -2.63. The lowest BCUT2D eigenvalue weighted by molar-refractivity contribution is 0.637. The van der Waals surface area contributed by atoms with Gasteiger partial charge in [-0.25, -0.2) is 4.98 Å². The molecule has 6 heteroatoms. The van der Waals surface area contributed by atoms with Crippen LogP contribution in [0.4, 0.5) is 11.5 Å². The number of piperazine rings is 1. The first kappa shape index (κ1) is 15.9. The number of aromatic nitrogens is 4. The van der Waals surface area contributed by atoms with E-state index in [0.29, 0.717) is 0 Å². The van der Waals surface area contributed by atoms with Crippen LogP contribution in [-0.2, 0) is 6.42 Å². The van der Waals surface area contributed by atoms with Gasteiger partial charge in [-0.05, 0) is 32.4 Å². The SMILES string of the molecule is CCc1cc(N2CCN(c3cc(C)nc(C)c3)CC2)n2nccc2n1.